The van der Waals surface area contributed by atoms with Crippen LogP contribution < -0.4 is 10.1 Å². The Morgan fingerprint density at radius 2 is 1.89 bits per heavy atom. The molecule has 0 aromatic heterocycles. The zero-order valence-electron chi connectivity index (χ0n) is 9.77. The van der Waals surface area contributed by atoms with Crippen LogP contribution in [-0.4, -0.2) is 7.11 Å². The van der Waals surface area contributed by atoms with Crippen molar-refractivity contribution in [1.82, 2.24) is 0 Å². The minimum atomic E-state index is -0.531. The average molecular weight is 242 g/mol. The van der Waals surface area contributed by atoms with E-state index in [4.69, 9.17) is 10.00 Å². The predicted molar refractivity (Wildman–Crippen MR) is 67.4 cm³/mol. The second kappa shape index (κ2) is 5.19. The maximum Gasteiger partial charge on any atom is 0.143 e. The standard InChI is InChI=1S/C14H11FN2O/c1-18-11-7-5-10(6-8-11)17-14-4-2-3-13(15)12(14)9-16/h2-8,17H,1H3. The van der Waals surface area contributed by atoms with Gasteiger partial charge in [-0.3, -0.25) is 0 Å². The topological polar surface area (TPSA) is 45.0 Å². The molecule has 90 valence electrons. The van der Waals surface area contributed by atoms with E-state index >= 15 is 0 Å². The highest BCUT2D eigenvalue weighted by Crippen LogP contribution is 2.23. The summed E-state index contributed by atoms with van der Waals surface area (Å²) < 4.78 is 18.4. The van der Waals surface area contributed by atoms with Crippen LogP contribution in [0.4, 0.5) is 15.8 Å². The SMILES string of the molecule is COc1ccc(Nc2cccc(F)c2C#N)cc1. The molecule has 0 radical (unpaired) electrons. The Labute approximate surface area is 104 Å². The number of ether oxygens (including phenoxy) is 1. The predicted octanol–water partition coefficient (Wildman–Crippen LogP) is 3.45. The molecule has 0 unspecified atom stereocenters. The van der Waals surface area contributed by atoms with Gasteiger partial charge < -0.3 is 10.1 Å². The Bertz CT molecular complexity index is 588. The maximum absolute atomic E-state index is 13.4. The minimum Gasteiger partial charge on any atom is -0.497 e. The first-order chi connectivity index (χ1) is 8.74. The number of methoxy groups -OCH3 is 1. The molecule has 0 atom stereocenters. The molecule has 2 aromatic rings. The summed E-state index contributed by atoms with van der Waals surface area (Å²) in [4.78, 5) is 0. The number of hydrogen-bond donors (Lipinski definition) is 1. The maximum atomic E-state index is 13.4. The summed E-state index contributed by atoms with van der Waals surface area (Å²) in [7, 11) is 1.59. The lowest BCUT2D eigenvalue weighted by molar-refractivity contribution is 0.415. The van der Waals surface area contributed by atoms with Crippen LogP contribution in [0.15, 0.2) is 42.5 Å². The highest BCUT2D eigenvalue weighted by atomic mass is 19.1. The third-order valence-electron chi connectivity index (χ3n) is 2.49. The number of benzene rings is 2. The molecule has 3 nitrogen and oxygen atoms in total. The molecule has 0 fully saturated rings. The second-order valence-electron chi connectivity index (χ2n) is 3.63. The van der Waals surface area contributed by atoms with Crippen LogP contribution in [0, 0.1) is 17.1 Å². The summed E-state index contributed by atoms with van der Waals surface area (Å²) in [6.07, 6.45) is 0. The van der Waals surface area contributed by atoms with E-state index in [1.807, 2.05) is 6.07 Å². The van der Waals surface area contributed by atoms with Crippen molar-refractivity contribution in [2.75, 3.05) is 12.4 Å². The molecule has 1 N–H and O–H groups in total. The van der Waals surface area contributed by atoms with Crippen molar-refractivity contribution >= 4 is 11.4 Å². The van der Waals surface area contributed by atoms with Crippen molar-refractivity contribution in [3.8, 4) is 11.8 Å². The van der Waals surface area contributed by atoms with Gasteiger partial charge in [0, 0.05) is 5.69 Å². The fourth-order valence-corrected chi connectivity index (χ4v) is 1.57. The third-order valence-corrected chi connectivity index (χ3v) is 2.49. The summed E-state index contributed by atoms with van der Waals surface area (Å²) in [6, 6.07) is 13.5. The van der Waals surface area contributed by atoms with E-state index in [9.17, 15) is 4.39 Å². The Hall–Kier alpha value is -2.54. The van der Waals surface area contributed by atoms with Crippen molar-refractivity contribution < 1.29 is 9.13 Å². The largest absolute Gasteiger partial charge is 0.497 e. The van der Waals surface area contributed by atoms with Gasteiger partial charge in [0.15, 0.2) is 0 Å². The number of halogens is 1. The normalized spacial score (nSPS) is 9.61. The zero-order chi connectivity index (χ0) is 13.0. The fraction of sp³-hybridized carbons (Fsp3) is 0.0714. The molecule has 0 heterocycles. The number of nitriles is 1. The Kier molecular flexibility index (Phi) is 3.44. The van der Waals surface area contributed by atoms with E-state index in [1.54, 1.807) is 43.5 Å². The van der Waals surface area contributed by atoms with Crippen LogP contribution in [-0.2, 0) is 0 Å². The molecule has 0 aliphatic carbocycles. The van der Waals surface area contributed by atoms with Crippen LogP contribution in [0.25, 0.3) is 0 Å². The highest BCUT2D eigenvalue weighted by Gasteiger charge is 2.07. The summed E-state index contributed by atoms with van der Waals surface area (Å²) in [5, 5.41) is 11.9. The summed E-state index contributed by atoms with van der Waals surface area (Å²) >= 11 is 0. The quantitative estimate of drug-likeness (QED) is 0.896. The molecule has 2 aromatic carbocycles. The van der Waals surface area contributed by atoms with Crippen molar-refractivity contribution in [2.24, 2.45) is 0 Å². The third kappa shape index (κ3) is 2.41. The number of anilines is 2. The molecular formula is C14H11FN2O. The zero-order valence-corrected chi connectivity index (χ0v) is 9.77. The Morgan fingerprint density at radius 3 is 2.50 bits per heavy atom. The molecule has 0 aliphatic heterocycles. The van der Waals surface area contributed by atoms with E-state index in [-0.39, 0.29) is 5.56 Å². The average Bonchev–Trinajstić information content (AvgIpc) is 2.40. The summed E-state index contributed by atoms with van der Waals surface area (Å²) in [6.45, 7) is 0. The Morgan fingerprint density at radius 1 is 1.17 bits per heavy atom. The first-order valence-corrected chi connectivity index (χ1v) is 5.34. The lowest BCUT2D eigenvalue weighted by atomic mass is 10.1. The summed E-state index contributed by atoms with van der Waals surface area (Å²) in [5.41, 5.74) is 1.22. The molecule has 0 saturated carbocycles. The van der Waals surface area contributed by atoms with E-state index in [2.05, 4.69) is 5.32 Å². The smallest absolute Gasteiger partial charge is 0.143 e. The molecular weight excluding hydrogens is 231 g/mol. The first-order valence-electron chi connectivity index (χ1n) is 5.34. The van der Waals surface area contributed by atoms with Gasteiger partial charge >= 0.3 is 0 Å². The van der Waals surface area contributed by atoms with Crippen molar-refractivity contribution in [1.29, 1.82) is 5.26 Å². The van der Waals surface area contributed by atoms with Crippen molar-refractivity contribution in [2.45, 2.75) is 0 Å². The van der Waals surface area contributed by atoms with Crippen molar-refractivity contribution in [3.05, 3.63) is 53.8 Å². The number of nitrogens with zero attached hydrogens (tertiary/aromatic N) is 1. The van der Waals surface area contributed by atoms with Gasteiger partial charge in [-0.25, -0.2) is 4.39 Å². The number of nitrogens with one attached hydrogen (secondary N) is 1. The molecule has 0 aliphatic rings. The van der Waals surface area contributed by atoms with Gasteiger partial charge in [0.2, 0.25) is 0 Å². The van der Waals surface area contributed by atoms with Gasteiger partial charge in [0.25, 0.3) is 0 Å². The van der Waals surface area contributed by atoms with Gasteiger partial charge in [0.1, 0.15) is 23.2 Å². The fourth-order valence-electron chi connectivity index (χ4n) is 1.57. The molecule has 0 spiro atoms. The molecule has 0 bridgehead atoms. The first kappa shape index (κ1) is 11.9. The van der Waals surface area contributed by atoms with E-state index in [1.165, 1.54) is 6.07 Å². The molecule has 0 amide bonds. The van der Waals surface area contributed by atoms with Crippen LogP contribution in [0.1, 0.15) is 5.56 Å². The van der Waals surface area contributed by atoms with E-state index in [0.717, 1.165) is 11.4 Å². The molecule has 4 heteroatoms. The van der Waals surface area contributed by atoms with Gasteiger partial charge in [-0.15, -0.1) is 0 Å². The van der Waals surface area contributed by atoms with Crippen LogP contribution in [0.5, 0.6) is 5.75 Å². The highest BCUT2D eigenvalue weighted by molar-refractivity contribution is 5.67. The van der Waals surface area contributed by atoms with Crippen LogP contribution in [0.2, 0.25) is 0 Å². The molecule has 2 rings (SSSR count). The van der Waals surface area contributed by atoms with Gasteiger partial charge in [0.05, 0.1) is 12.8 Å². The lowest BCUT2D eigenvalue weighted by Gasteiger charge is -2.09. The number of hydrogen-bond acceptors (Lipinski definition) is 3. The van der Waals surface area contributed by atoms with Crippen LogP contribution in [0.3, 0.4) is 0 Å². The molecule has 18 heavy (non-hydrogen) atoms. The second-order valence-corrected chi connectivity index (χ2v) is 3.63. The van der Waals surface area contributed by atoms with Gasteiger partial charge in [-0.1, -0.05) is 6.07 Å². The van der Waals surface area contributed by atoms with E-state index < -0.39 is 5.82 Å². The van der Waals surface area contributed by atoms with Gasteiger partial charge in [-0.05, 0) is 36.4 Å². The summed E-state index contributed by atoms with van der Waals surface area (Å²) in [5.74, 6) is 0.205. The van der Waals surface area contributed by atoms with Crippen LogP contribution >= 0.6 is 0 Å². The number of rotatable bonds is 3. The molecule has 0 saturated heterocycles. The minimum absolute atomic E-state index is 0.00770. The van der Waals surface area contributed by atoms with Crippen molar-refractivity contribution in [3.63, 3.8) is 0 Å². The monoisotopic (exact) mass is 242 g/mol. The lowest BCUT2D eigenvalue weighted by Crippen LogP contribution is -1.96. The van der Waals surface area contributed by atoms with E-state index in [0.29, 0.717) is 5.69 Å². The Balaban J connectivity index is 2.28. The van der Waals surface area contributed by atoms with Gasteiger partial charge in [-0.2, -0.15) is 5.26 Å².